The van der Waals surface area contributed by atoms with Crippen LogP contribution < -0.4 is 0 Å². The first kappa shape index (κ1) is 14.6. The summed E-state index contributed by atoms with van der Waals surface area (Å²) < 4.78 is 14.9. The van der Waals surface area contributed by atoms with Gasteiger partial charge in [-0.1, -0.05) is 6.92 Å². The molecule has 6 nitrogen and oxygen atoms in total. The molecule has 1 aliphatic rings. The van der Waals surface area contributed by atoms with Crippen molar-refractivity contribution in [3.63, 3.8) is 0 Å². The lowest BCUT2D eigenvalue weighted by molar-refractivity contribution is -0.146. The van der Waals surface area contributed by atoms with Gasteiger partial charge in [-0.3, -0.25) is 9.69 Å². The van der Waals surface area contributed by atoms with Crippen molar-refractivity contribution in [2.45, 2.75) is 13.5 Å². The molecule has 2 rings (SSSR count). The highest BCUT2D eigenvalue weighted by Gasteiger charge is 2.36. The van der Waals surface area contributed by atoms with Gasteiger partial charge in [-0.2, -0.15) is 0 Å². The smallest absolute Gasteiger partial charge is 0.341 e. The lowest BCUT2D eigenvalue weighted by Gasteiger charge is -2.14. The molecule has 0 bridgehead atoms. The van der Waals surface area contributed by atoms with Gasteiger partial charge in [-0.15, -0.1) is 0 Å². The van der Waals surface area contributed by atoms with Crippen LogP contribution in [0.1, 0.15) is 23.0 Å². The maximum Gasteiger partial charge on any atom is 0.341 e. The number of nitrogens with zero attached hydrogens (tertiary/aromatic N) is 1. The minimum atomic E-state index is -0.412. The average Bonchev–Trinajstić information content (AvgIpc) is 3.04. The largest absolute Gasteiger partial charge is 0.469 e. The highest BCUT2D eigenvalue weighted by molar-refractivity contribution is 5.90. The molecule has 2 heterocycles. The standard InChI is InChI=1S/C14H19NO5/c1-9-6-15(7-11(9)14(17)19-3)8-12-10(4-5-20-12)13(16)18-2/h4-5,9,11H,6-8H2,1-3H3. The Bertz CT molecular complexity index is 496. The van der Waals surface area contributed by atoms with E-state index in [2.05, 4.69) is 4.90 Å². The number of rotatable bonds is 4. The fourth-order valence-corrected chi connectivity index (χ4v) is 2.61. The number of furan rings is 1. The van der Waals surface area contributed by atoms with Gasteiger partial charge in [0, 0.05) is 13.1 Å². The summed E-state index contributed by atoms with van der Waals surface area (Å²) in [5.41, 5.74) is 0.432. The van der Waals surface area contributed by atoms with Crippen LogP contribution in [0.4, 0.5) is 0 Å². The molecule has 1 saturated heterocycles. The molecule has 1 fully saturated rings. The van der Waals surface area contributed by atoms with E-state index in [4.69, 9.17) is 13.9 Å². The summed E-state index contributed by atoms with van der Waals surface area (Å²) in [6.07, 6.45) is 1.47. The molecule has 0 amide bonds. The molecule has 1 aliphatic heterocycles. The van der Waals surface area contributed by atoms with Crippen LogP contribution in [0.5, 0.6) is 0 Å². The van der Waals surface area contributed by atoms with E-state index in [-0.39, 0.29) is 17.8 Å². The lowest BCUT2D eigenvalue weighted by atomic mass is 9.99. The van der Waals surface area contributed by atoms with Gasteiger partial charge in [0.05, 0.1) is 32.9 Å². The van der Waals surface area contributed by atoms with Crippen LogP contribution in [0.2, 0.25) is 0 Å². The van der Waals surface area contributed by atoms with Crippen molar-refractivity contribution in [1.82, 2.24) is 4.90 Å². The lowest BCUT2D eigenvalue weighted by Crippen LogP contribution is -2.24. The van der Waals surface area contributed by atoms with Crippen molar-refractivity contribution < 1.29 is 23.5 Å². The second-order valence-corrected chi connectivity index (χ2v) is 5.05. The molecular formula is C14H19NO5. The minimum Gasteiger partial charge on any atom is -0.469 e. The normalized spacial score (nSPS) is 22.8. The Kier molecular flexibility index (Phi) is 4.44. The van der Waals surface area contributed by atoms with Crippen LogP contribution in [0.3, 0.4) is 0 Å². The summed E-state index contributed by atoms with van der Waals surface area (Å²) >= 11 is 0. The van der Waals surface area contributed by atoms with Crippen molar-refractivity contribution in [3.05, 3.63) is 23.7 Å². The number of carbonyl (C=O) groups excluding carboxylic acids is 2. The summed E-state index contributed by atoms with van der Waals surface area (Å²) in [5.74, 6) is 0.0586. The molecule has 0 saturated carbocycles. The van der Waals surface area contributed by atoms with Crippen molar-refractivity contribution in [2.75, 3.05) is 27.3 Å². The topological polar surface area (TPSA) is 69.0 Å². The molecule has 1 aromatic heterocycles. The van der Waals surface area contributed by atoms with Crippen molar-refractivity contribution in [2.24, 2.45) is 11.8 Å². The van der Waals surface area contributed by atoms with Crippen molar-refractivity contribution in [1.29, 1.82) is 0 Å². The van der Waals surface area contributed by atoms with Crippen LogP contribution in [-0.4, -0.2) is 44.1 Å². The second-order valence-electron chi connectivity index (χ2n) is 5.05. The number of likely N-dealkylation sites (tertiary alicyclic amines) is 1. The van der Waals surface area contributed by atoms with Crippen molar-refractivity contribution >= 4 is 11.9 Å². The van der Waals surface area contributed by atoms with Crippen LogP contribution >= 0.6 is 0 Å². The highest BCUT2D eigenvalue weighted by Crippen LogP contribution is 2.26. The fraction of sp³-hybridized carbons (Fsp3) is 0.571. The number of methoxy groups -OCH3 is 2. The van der Waals surface area contributed by atoms with Gasteiger partial charge in [-0.25, -0.2) is 4.79 Å². The summed E-state index contributed by atoms with van der Waals surface area (Å²) in [7, 11) is 2.74. The molecule has 6 heteroatoms. The van der Waals surface area contributed by atoms with E-state index in [1.54, 1.807) is 6.07 Å². The van der Waals surface area contributed by atoms with Crippen LogP contribution in [0.25, 0.3) is 0 Å². The molecule has 0 aromatic carbocycles. The maximum absolute atomic E-state index is 11.6. The molecular weight excluding hydrogens is 262 g/mol. The zero-order chi connectivity index (χ0) is 14.7. The first-order chi connectivity index (χ1) is 9.56. The number of esters is 2. The molecule has 110 valence electrons. The number of ether oxygens (including phenoxy) is 2. The average molecular weight is 281 g/mol. The summed E-state index contributed by atoms with van der Waals surface area (Å²) in [6.45, 7) is 3.87. The molecule has 2 atom stereocenters. The predicted molar refractivity (Wildman–Crippen MR) is 70.0 cm³/mol. The van der Waals surface area contributed by atoms with Crippen molar-refractivity contribution in [3.8, 4) is 0 Å². The van der Waals surface area contributed by atoms with Gasteiger partial charge in [0.15, 0.2) is 0 Å². The molecule has 0 spiro atoms. The summed E-state index contributed by atoms with van der Waals surface area (Å²) in [6, 6.07) is 1.60. The van der Waals surface area contributed by atoms with Crippen LogP contribution in [0, 0.1) is 11.8 Å². The van der Waals surface area contributed by atoms with E-state index >= 15 is 0 Å². The van der Waals surface area contributed by atoms with E-state index in [0.717, 1.165) is 6.54 Å². The van der Waals surface area contributed by atoms with Gasteiger partial charge in [0.1, 0.15) is 11.3 Å². The van der Waals surface area contributed by atoms with Gasteiger partial charge >= 0.3 is 11.9 Å². The Balaban J connectivity index is 2.04. The number of hydrogen-bond donors (Lipinski definition) is 0. The van der Waals surface area contributed by atoms with E-state index in [0.29, 0.717) is 24.4 Å². The molecule has 0 N–H and O–H groups in total. The fourth-order valence-electron chi connectivity index (χ4n) is 2.61. The first-order valence-electron chi connectivity index (χ1n) is 6.51. The second kappa shape index (κ2) is 6.09. The third-order valence-corrected chi connectivity index (χ3v) is 3.71. The van der Waals surface area contributed by atoms with E-state index in [1.807, 2.05) is 6.92 Å². The Morgan fingerprint density at radius 1 is 1.35 bits per heavy atom. The van der Waals surface area contributed by atoms with Gasteiger partial charge < -0.3 is 13.9 Å². The zero-order valence-electron chi connectivity index (χ0n) is 11.9. The highest BCUT2D eigenvalue weighted by atomic mass is 16.5. The third-order valence-electron chi connectivity index (χ3n) is 3.71. The predicted octanol–water partition coefficient (Wildman–Crippen LogP) is 1.31. The van der Waals surface area contributed by atoms with Gasteiger partial charge in [0.2, 0.25) is 0 Å². The van der Waals surface area contributed by atoms with E-state index in [9.17, 15) is 9.59 Å². The number of carbonyl (C=O) groups is 2. The SMILES string of the molecule is COC(=O)c1ccoc1CN1CC(C)C(C(=O)OC)C1. The Labute approximate surface area is 117 Å². The van der Waals surface area contributed by atoms with Gasteiger partial charge in [-0.05, 0) is 12.0 Å². The Hall–Kier alpha value is -1.82. The number of hydrogen-bond acceptors (Lipinski definition) is 6. The third kappa shape index (κ3) is 2.85. The maximum atomic E-state index is 11.6. The van der Waals surface area contributed by atoms with E-state index in [1.165, 1.54) is 20.5 Å². The van der Waals surface area contributed by atoms with Gasteiger partial charge in [0.25, 0.3) is 0 Å². The van der Waals surface area contributed by atoms with E-state index < -0.39 is 5.97 Å². The monoisotopic (exact) mass is 281 g/mol. The summed E-state index contributed by atoms with van der Waals surface area (Å²) in [5, 5.41) is 0. The minimum absolute atomic E-state index is 0.128. The molecule has 0 radical (unpaired) electrons. The summed E-state index contributed by atoms with van der Waals surface area (Å²) in [4.78, 5) is 25.3. The Morgan fingerprint density at radius 3 is 2.75 bits per heavy atom. The quantitative estimate of drug-likeness (QED) is 0.775. The first-order valence-corrected chi connectivity index (χ1v) is 6.51. The van der Waals surface area contributed by atoms with Crippen LogP contribution in [0.15, 0.2) is 16.7 Å². The molecule has 1 aromatic rings. The molecule has 0 aliphatic carbocycles. The molecule has 2 unspecified atom stereocenters. The zero-order valence-corrected chi connectivity index (χ0v) is 11.9. The molecule has 20 heavy (non-hydrogen) atoms. The Morgan fingerprint density at radius 2 is 2.10 bits per heavy atom. The van der Waals surface area contributed by atoms with Crippen LogP contribution in [-0.2, 0) is 20.8 Å².